The summed E-state index contributed by atoms with van der Waals surface area (Å²) in [5.41, 5.74) is 3.78. The van der Waals surface area contributed by atoms with Gasteiger partial charge in [-0.15, -0.1) is 0 Å². The van der Waals surface area contributed by atoms with Crippen molar-refractivity contribution in [3.05, 3.63) is 63.9 Å². The summed E-state index contributed by atoms with van der Waals surface area (Å²) >= 11 is 5.97. The van der Waals surface area contributed by atoms with Gasteiger partial charge in [0.2, 0.25) is 0 Å². The normalized spacial score (nSPS) is 18.0. The second-order valence-corrected chi connectivity index (χ2v) is 6.72. The van der Waals surface area contributed by atoms with E-state index in [0.717, 1.165) is 47.9 Å². The van der Waals surface area contributed by atoms with Gasteiger partial charge in [-0.3, -0.25) is 9.78 Å². The van der Waals surface area contributed by atoms with Crippen molar-refractivity contribution < 1.29 is 4.79 Å². The third kappa shape index (κ3) is 3.73. The monoisotopic (exact) mass is 328 g/mol. The molecule has 0 N–H and O–H groups in total. The molecule has 2 heterocycles. The Bertz CT molecular complexity index is 692. The number of likely N-dealkylation sites (tertiary alicyclic amines) is 1. The number of nitrogens with zero attached hydrogens (tertiary/aromatic N) is 2. The fraction of sp³-hybridized carbons (Fsp3) is 0.368. The highest BCUT2D eigenvalue weighted by Crippen LogP contribution is 2.28. The van der Waals surface area contributed by atoms with Gasteiger partial charge in [-0.1, -0.05) is 23.7 Å². The maximum absolute atomic E-state index is 12.8. The van der Waals surface area contributed by atoms with Crippen molar-refractivity contribution in [3.8, 4) is 0 Å². The largest absolute Gasteiger partial charge is 0.338 e. The van der Waals surface area contributed by atoms with Crippen molar-refractivity contribution in [3.63, 3.8) is 0 Å². The van der Waals surface area contributed by atoms with Gasteiger partial charge in [-0.05, 0) is 56.5 Å². The third-order valence-electron chi connectivity index (χ3n) is 4.38. The molecule has 4 heteroatoms. The molecule has 0 bridgehead atoms. The smallest absolute Gasteiger partial charge is 0.254 e. The van der Waals surface area contributed by atoms with E-state index in [1.54, 1.807) is 0 Å². The number of halogens is 1. The lowest BCUT2D eigenvalue weighted by atomic mass is 9.90. The van der Waals surface area contributed by atoms with E-state index in [1.807, 2.05) is 43.0 Å². The van der Waals surface area contributed by atoms with Crippen LogP contribution in [0.15, 0.2) is 36.4 Å². The lowest BCUT2D eigenvalue weighted by Crippen LogP contribution is -2.39. The SMILES string of the molecule is Cc1cc(C(=O)N2CCC[C@H](c3ccc(Cl)cc3)C2)cc(C)n1. The maximum atomic E-state index is 12.8. The van der Waals surface area contributed by atoms with E-state index in [9.17, 15) is 4.79 Å². The molecule has 1 fully saturated rings. The van der Waals surface area contributed by atoms with Crippen molar-refractivity contribution in [2.75, 3.05) is 13.1 Å². The highest BCUT2D eigenvalue weighted by atomic mass is 35.5. The summed E-state index contributed by atoms with van der Waals surface area (Å²) in [5.74, 6) is 0.492. The molecule has 1 aliphatic rings. The van der Waals surface area contributed by atoms with E-state index in [4.69, 9.17) is 11.6 Å². The van der Waals surface area contributed by atoms with Crippen LogP contribution in [0.1, 0.15) is 46.1 Å². The van der Waals surface area contributed by atoms with Crippen LogP contribution >= 0.6 is 11.6 Å². The number of benzene rings is 1. The highest BCUT2D eigenvalue weighted by Gasteiger charge is 2.25. The molecule has 1 aromatic carbocycles. The molecule has 0 unspecified atom stereocenters. The van der Waals surface area contributed by atoms with Crippen LogP contribution in [0, 0.1) is 13.8 Å². The van der Waals surface area contributed by atoms with Crippen LogP contribution in [0.25, 0.3) is 0 Å². The molecule has 3 nitrogen and oxygen atoms in total. The maximum Gasteiger partial charge on any atom is 0.254 e. The van der Waals surface area contributed by atoms with E-state index in [0.29, 0.717) is 5.92 Å². The van der Waals surface area contributed by atoms with E-state index in [2.05, 4.69) is 17.1 Å². The standard InChI is InChI=1S/C19H21ClN2O/c1-13-10-17(11-14(2)21-13)19(23)22-9-3-4-16(12-22)15-5-7-18(20)8-6-15/h5-8,10-11,16H,3-4,9,12H2,1-2H3/t16-/m0/s1. The van der Waals surface area contributed by atoms with E-state index in [-0.39, 0.29) is 5.91 Å². The van der Waals surface area contributed by atoms with Crippen LogP contribution in [-0.2, 0) is 0 Å². The number of rotatable bonds is 2. The summed E-state index contributed by atoms with van der Waals surface area (Å²) in [4.78, 5) is 19.1. The van der Waals surface area contributed by atoms with E-state index < -0.39 is 0 Å². The first-order valence-electron chi connectivity index (χ1n) is 8.03. The molecule has 0 saturated carbocycles. The molecule has 1 amide bonds. The Morgan fingerprint density at radius 3 is 2.48 bits per heavy atom. The zero-order valence-electron chi connectivity index (χ0n) is 13.6. The number of aryl methyl sites for hydroxylation is 2. The van der Waals surface area contributed by atoms with Gasteiger partial charge >= 0.3 is 0 Å². The van der Waals surface area contributed by atoms with Crippen LogP contribution in [0.2, 0.25) is 5.02 Å². The average Bonchev–Trinajstić information content (AvgIpc) is 2.54. The Hall–Kier alpha value is -1.87. The molecule has 23 heavy (non-hydrogen) atoms. The Labute approximate surface area is 142 Å². The van der Waals surface area contributed by atoms with Crippen LogP contribution in [0.4, 0.5) is 0 Å². The van der Waals surface area contributed by atoms with Gasteiger partial charge in [0.1, 0.15) is 0 Å². The lowest BCUT2D eigenvalue weighted by molar-refractivity contribution is 0.0706. The first-order valence-corrected chi connectivity index (χ1v) is 8.41. The molecule has 0 spiro atoms. The average molecular weight is 329 g/mol. The molecule has 120 valence electrons. The molecule has 3 rings (SSSR count). The van der Waals surface area contributed by atoms with Crippen LogP contribution in [0.3, 0.4) is 0 Å². The first kappa shape index (κ1) is 16.0. The fourth-order valence-corrected chi connectivity index (χ4v) is 3.44. The van der Waals surface area contributed by atoms with Gasteiger partial charge in [0.05, 0.1) is 0 Å². The van der Waals surface area contributed by atoms with Gasteiger partial charge in [-0.2, -0.15) is 0 Å². The Morgan fingerprint density at radius 2 is 1.83 bits per heavy atom. The van der Waals surface area contributed by atoms with Gasteiger partial charge in [0.15, 0.2) is 0 Å². The molecular formula is C19H21ClN2O. The van der Waals surface area contributed by atoms with Crippen molar-refractivity contribution >= 4 is 17.5 Å². The summed E-state index contributed by atoms with van der Waals surface area (Å²) in [5, 5.41) is 0.750. The Morgan fingerprint density at radius 1 is 1.17 bits per heavy atom. The van der Waals surface area contributed by atoms with Gasteiger partial charge < -0.3 is 4.90 Å². The van der Waals surface area contributed by atoms with Gasteiger partial charge in [-0.25, -0.2) is 0 Å². The second kappa shape index (κ2) is 6.71. The summed E-state index contributed by atoms with van der Waals surface area (Å²) < 4.78 is 0. The fourth-order valence-electron chi connectivity index (χ4n) is 3.31. The molecule has 1 aliphatic heterocycles. The summed E-state index contributed by atoms with van der Waals surface area (Å²) in [6.45, 7) is 5.44. The first-order chi connectivity index (χ1) is 11.0. The van der Waals surface area contributed by atoms with Crippen LogP contribution < -0.4 is 0 Å². The number of amides is 1. The second-order valence-electron chi connectivity index (χ2n) is 6.28. The zero-order valence-corrected chi connectivity index (χ0v) is 14.3. The Kier molecular flexibility index (Phi) is 4.67. The number of carbonyl (C=O) groups excluding carboxylic acids is 1. The third-order valence-corrected chi connectivity index (χ3v) is 4.63. The zero-order chi connectivity index (χ0) is 16.4. The predicted molar refractivity (Wildman–Crippen MR) is 93.0 cm³/mol. The minimum absolute atomic E-state index is 0.109. The molecular weight excluding hydrogens is 308 g/mol. The van der Waals surface area contributed by atoms with Crippen molar-refractivity contribution in [1.82, 2.24) is 9.88 Å². The highest BCUT2D eigenvalue weighted by molar-refractivity contribution is 6.30. The summed E-state index contributed by atoms with van der Waals surface area (Å²) in [7, 11) is 0. The minimum Gasteiger partial charge on any atom is -0.338 e. The minimum atomic E-state index is 0.109. The molecule has 0 aliphatic carbocycles. The molecule has 1 atom stereocenters. The predicted octanol–water partition coefficient (Wildman–Crippen LogP) is 4.37. The topological polar surface area (TPSA) is 33.2 Å². The lowest BCUT2D eigenvalue weighted by Gasteiger charge is -2.33. The van der Waals surface area contributed by atoms with Crippen LogP contribution in [0.5, 0.6) is 0 Å². The van der Waals surface area contributed by atoms with Crippen LogP contribution in [-0.4, -0.2) is 28.9 Å². The van der Waals surface area contributed by atoms with Gasteiger partial charge in [0, 0.05) is 41.0 Å². The summed E-state index contributed by atoms with van der Waals surface area (Å²) in [6, 6.07) is 11.7. The van der Waals surface area contributed by atoms with Gasteiger partial charge in [0.25, 0.3) is 5.91 Å². The molecule has 0 radical (unpaired) electrons. The number of carbonyl (C=O) groups is 1. The molecule has 2 aromatic rings. The number of pyridine rings is 1. The number of piperidine rings is 1. The molecule has 1 aromatic heterocycles. The van der Waals surface area contributed by atoms with Crippen molar-refractivity contribution in [1.29, 1.82) is 0 Å². The quantitative estimate of drug-likeness (QED) is 0.820. The van der Waals surface area contributed by atoms with E-state index in [1.165, 1.54) is 5.56 Å². The number of hydrogen-bond donors (Lipinski definition) is 0. The van der Waals surface area contributed by atoms with Crippen molar-refractivity contribution in [2.45, 2.75) is 32.6 Å². The molecule has 1 saturated heterocycles. The number of aromatic nitrogens is 1. The Balaban J connectivity index is 1.77. The van der Waals surface area contributed by atoms with E-state index >= 15 is 0 Å². The summed E-state index contributed by atoms with van der Waals surface area (Å²) in [6.07, 6.45) is 2.14. The number of hydrogen-bond acceptors (Lipinski definition) is 2. The van der Waals surface area contributed by atoms with Crippen molar-refractivity contribution in [2.24, 2.45) is 0 Å².